The second-order valence-corrected chi connectivity index (χ2v) is 12.7. The summed E-state index contributed by atoms with van der Waals surface area (Å²) in [6.07, 6.45) is 2.18. The summed E-state index contributed by atoms with van der Waals surface area (Å²) < 4.78 is 33.6. The molecule has 1 aliphatic heterocycles. The van der Waals surface area contributed by atoms with Crippen LogP contribution in [0, 0.1) is 0 Å². The first kappa shape index (κ1) is 25.5. The Morgan fingerprint density at radius 2 is 1.94 bits per heavy atom. The Morgan fingerprint density at radius 3 is 2.66 bits per heavy atom. The Labute approximate surface area is 208 Å². The lowest BCUT2D eigenvalue weighted by Gasteiger charge is -2.43. The van der Waals surface area contributed by atoms with Crippen LogP contribution in [-0.2, 0) is 19.6 Å². The van der Waals surface area contributed by atoms with Gasteiger partial charge in [0, 0.05) is 46.0 Å². The summed E-state index contributed by atoms with van der Waals surface area (Å²) >= 11 is 1.48. The summed E-state index contributed by atoms with van der Waals surface area (Å²) in [6.45, 7) is 5.73. The van der Waals surface area contributed by atoms with Crippen LogP contribution in [0.3, 0.4) is 0 Å². The lowest BCUT2D eigenvalue weighted by molar-refractivity contribution is -0.134. The van der Waals surface area contributed by atoms with Gasteiger partial charge < -0.3 is 9.73 Å². The van der Waals surface area contributed by atoms with Crippen LogP contribution in [0.25, 0.3) is 21.9 Å². The van der Waals surface area contributed by atoms with E-state index in [0.717, 1.165) is 17.1 Å². The lowest BCUT2D eigenvalue weighted by Crippen LogP contribution is -2.61. The van der Waals surface area contributed by atoms with Crippen LogP contribution in [0.2, 0.25) is 0 Å². The number of sulfonamides is 1. The summed E-state index contributed by atoms with van der Waals surface area (Å²) in [6, 6.07) is 8.78. The highest BCUT2D eigenvalue weighted by Crippen LogP contribution is 2.39. The number of hydrogen-bond acceptors (Lipinski definition) is 7. The zero-order chi connectivity index (χ0) is 25.4. The zero-order valence-corrected chi connectivity index (χ0v) is 21.5. The number of thioether (sulfide) groups is 1. The maximum Gasteiger partial charge on any atom is 0.263 e. The molecule has 0 spiro atoms. The number of nitrogens with one attached hydrogen (secondary N) is 2. The molecule has 2 aromatic carbocycles. The lowest BCUT2D eigenvalue weighted by atomic mass is 10.0. The molecule has 1 atom stereocenters. The van der Waals surface area contributed by atoms with Gasteiger partial charge in [0.05, 0.1) is 4.90 Å². The van der Waals surface area contributed by atoms with Crippen molar-refractivity contribution in [3.05, 3.63) is 36.4 Å². The number of furan rings is 1. The molecule has 9 nitrogen and oxygen atoms in total. The van der Waals surface area contributed by atoms with Crippen LogP contribution in [-0.4, -0.2) is 52.8 Å². The Hall–Kier alpha value is -2.60. The minimum Gasteiger partial charge on any atom is -0.456 e. The van der Waals surface area contributed by atoms with Gasteiger partial charge >= 0.3 is 0 Å². The fourth-order valence-electron chi connectivity index (χ4n) is 4.41. The molecule has 2 amide bonds. The van der Waals surface area contributed by atoms with Crippen molar-refractivity contribution in [1.29, 1.82) is 0 Å². The molecule has 3 aromatic rings. The molecule has 2 heterocycles. The van der Waals surface area contributed by atoms with E-state index in [1.165, 1.54) is 17.8 Å². The maximum atomic E-state index is 13.6. The molecular formula is C24H29N3O6S2. The van der Waals surface area contributed by atoms with Gasteiger partial charge in [0.2, 0.25) is 15.9 Å². The van der Waals surface area contributed by atoms with Gasteiger partial charge in [0.25, 0.3) is 5.91 Å². The van der Waals surface area contributed by atoms with Crippen LogP contribution in [0.15, 0.2) is 45.7 Å². The van der Waals surface area contributed by atoms with Crippen molar-refractivity contribution in [2.24, 2.45) is 0 Å². The van der Waals surface area contributed by atoms with Crippen LogP contribution < -0.4 is 10.8 Å². The topological polar surface area (TPSA) is 129 Å². The van der Waals surface area contributed by atoms with Crippen molar-refractivity contribution in [3.8, 4) is 0 Å². The van der Waals surface area contributed by atoms with Gasteiger partial charge in [-0.15, -0.1) is 0 Å². The van der Waals surface area contributed by atoms with E-state index >= 15 is 0 Å². The van der Waals surface area contributed by atoms with Gasteiger partial charge in [-0.2, -0.15) is 16.1 Å². The minimum atomic E-state index is -4.06. The highest BCUT2D eigenvalue weighted by Gasteiger charge is 2.48. The molecule has 188 valence electrons. The first-order chi connectivity index (χ1) is 16.6. The molecule has 3 N–H and O–H groups in total. The van der Waals surface area contributed by atoms with Crippen molar-refractivity contribution >= 4 is 61.2 Å². The number of hydroxylamine groups is 1. The molecule has 0 aliphatic carbocycles. The Bertz CT molecular complexity index is 1380. The van der Waals surface area contributed by atoms with Gasteiger partial charge in [0.1, 0.15) is 17.2 Å². The number of amides is 2. The third-order valence-electron chi connectivity index (χ3n) is 6.18. The predicted molar refractivity (Wildman–Crippen MR) is 136 cm³/mol. The summed E-state index contributed by atoms with van der Waals surface area (Å²) in [4.78, 5) is 24.6. The van der Waals surface area contributed by atoms with Crippen molar-refractivity contribution in [1.82, 2.24) is 9.79 Å². The molecule has 0 saturated carbocycles. The van der Waals surface area contributed by atoms with Crippen molar-refractivity contribution in [3.63, 3.8) is 0 Å². The first-order valence-corrected chi connectivity index (χ1v) is 13.9. The fourth-order valence-corrected chi connectivity index (χ4v) is 7.55. The van der Waals surface area contributed by atoms with E-state index < -0.39 is 26.7 Å². The third-order valence-corrected chi connectivity index (χ3v) is 9.40. The predicted octanol–water partition coefficient (Wildman–Crippen LogP) is 4.10. The normalized spacial score (nSPS) is 18.6. The number of carbonyl (C=O) groups excluding carboxylic acids is 2. The number of unbranched alkanes of at least 4 members (excludes halogenated alkanes) is 1. The molecule has 1 aliphatic rings. The fraction of sp³-hybridized carbons (Fsp3) is 0.417. The second kappa shape index (κ2) is 9.81. The Balaban J connectivity index is 1.71. The van der Waals surface area contributed by atoms with E-state index in [2.05, 4.69) is 5.32 Å². The average molecular weight is 520 g/mol. The molecule has 4 rings (SSSR count). The third kappa shape index (κ3) is 4.90. The molecule has 1 aromatic heterocycles. The summed E-state index contributed by atoms with van der Waals surface area (Å²) in [5.74, 6) is -0.320. The Morgan fingerprint density at radius 1 is 1.17 bits per heavy atom. The highest BCUT2D eigenvalue weighted by atomic mass is 32.2. The van der Waals surface area contributed by atoms with Gasteiger partial charge in [-0.1, -0.05) is 13.3 Å². The summed E-state index contributed by atoms with van der Waals surface area (Å²) in [5.41, 5.74) is 3.26. The molecule has 1 unspecified atom stereocenters. The Kier molecular flexibility index (Phi) is 7.14. The molecule has 1 fully saturated rings. The van der Waals surface area contributed by atoms with E-state index in [1.54, 1.807) is 49.7 Å². The zero-order valence-electron chi connectivity index (χ0n) is 19.8. The number of nitrogens with zero attached hydrogens (tertiary/aromatic N) is 1. The number of hydrogen-bond donors (Lipinski definition) is 3. The van der Waals surface area contributed by atoms with E-state index in [-0.39, 0.29) is 17.3 Å². The van der Waals surface area contributed by atoms with E-state index in [0.29, 0.717) is 39.8 Å². The van der Waals surface area contributed by atoms with Gasteiger partial charge in [-0.25, -0.2) is 13.9 Å². The molecular weight excluding hydrogens is 490 g/mol. The van der Waals surface area contributed by atoms with Crippen molar-refractivity contribution < 1.29 is 27.6 Å². The molecule has 0 radical (unpaired) electrons. The van der Waals surface area contributed by atoms with Crippen LogP contribution in [0.5, 0.6) is 0 Å². The monoisotopic (exact) mass is 519 g/mol. The number of rotatable bonds is 7. The number of carbonyl (C=O) groups is 2. The number of benzene rings is 2. The van der Waals surface area contributed by atoms with Crippen molar-refractivity contribution in [2.45, 2.75) is 55.7 Å². The van der Waals surface area contributed by atoms with Gasteiger partial charge in [-0.05, 0) is 50.6 Å². The van der Waals surface area contributed by atoms with E-state index in [1.807, 2.05) is 6.92 Å². The van der Waals surface area contributed by atoms with Crippen LogP contribution in [0.4, 0.5) is 5.69 Å². The molecule has 11 heteroatoms. The number of anilines is 1. The SMILES string of the molecule is CCCCC(=O)Nc1ccc2c(c1)oc1ccc(S(=O)(=O)N3CCSC(C)(C)C3C(=O)NO)cc12. The summed E-state index contributed by atoms with van der Waals surface area (Å²) in [7, 11) is -4.06. The summed E-state index contributed by atoms with van der Waals surface area (Å²) in [5, 5.41) is 13.4. The average Bonchev–Trinajstić information content (AvgIpc) is 3.18. The quantitative estimate of drug-likeness (QED) is 0.316. The maximum absolute atomic E-state index is 13.6. The highest BCUT2D eigenvalue weighted by molar-refractivity contribution is 8.01. The molecule has 0 bridgehead atoms. The van der Waals surface area contributed by atoms with Gasteiger partial charge in [0.15, 0.2) is 0 Å². The van der Waals surface area contributed by atoms with Gasteiger partial charge in [-0.3, -0.25) is 14.8 Å². The van der Waals surface area contributed by atoms with Crippen molar-refractivity contribution in [2.75, 3.05) is 17.6 Å². The largest absolute Gasteiger partial charge is 0.456 e. The minimum absolute atomic E-state index is 0.0306. The first-order valence-electron chi connectivity index (χ1n) is 11.4. The smallest absolute Gasteiger partial charge is 0.263 e. The van der Waals surface area contributed by atoms with Crippen LogP contribution in [0.1, 0.15) is 40.0 Å². The van der Waals surface area contributed by atoms with E-state index in [4.69, 9.17) is 4.42 Å². The molecule has 1 saturated heterocycles. The second-order valence-electron chi connectivity index (χ2n) is 9.07. The van der Waals surface area contributed by atoms with Crippen LogP contribution >= 0.6 is 11.8 Å². The number of fused-ring (bicyclic) bond motifs is 3. The molecule has 35 heavy (non-hydrogen) atoms. The van der Waals surface area contributed by atoms with E-state index in [9.17, 15) is 23.2 Å². The standard InChI is InChI=1S/C24H29N3O6S2/c1-4-5-6-21(28)25-15-7-9-17-18-14-16(8-10-19(18)33-20(17)13-15)35(31,32)27-11-12-34-24(2,3)22(27)23(29)26-30/h7-10,13-14,22,30H,4-6,11-12H2,1-3H3,(H,25,28)(H,26,29).